The topological polar surface area (TPSA) is 78.4 Å². The van der Waals surface area contributed by atoms with Crippen molar-refractivity contribution in [3.63, 3.8) is 0 Å². The fourth-order valence-electron chi connectivity index (χ4n) is 3.25. The summed E-state index contributed by atoms with van der Waals surface area (Å²) < 4.78 is 14.4. The largest absolute Gasteiger partial charge is 0.355 e. The fraction of sp³-hybridized carbons (Fsp3) is 0.625. The molecule has 1 aromatic rings. The molecule has 2 aliphatic heterocycles. The number of halogens is 1. The summed E-state index contributed by atoms with van der Waals surface area (Å²) in [6, 6.07) is 0. The maximum Gasteiger partial charge on any atom is 0.228 e. The molecule has 3 heterocycles. The number of hydrogen-bond donors (Lipinski definition) is 1. The van der Waals surface area contributed by atoms with E-state index in [9.17, 15) is 14.0 Å². The van der Waals surface area contributed by atoms with E-state index >= 15 is 0 Å². The lowest BCUT2D eigenvalue weighted by molar-refractivity contribution is -0.135. The van der Waals surface area contributed by atoms with Gasteiger partial charge in [0.05, 0.1) is 11.6 Å². The van der Waals surface area contributed by atoms with Crippen LogP contribution < -0.4 is 10.2 Å². The first-order valence-corrected chi connectivity index (χ1v) is 8.40. The molecule has 2 fully saturated rings. The molecule has 0 bridgehead atoms. The van der Waals surface area contributed by atoms with Crippen LogP contribution in [0, 0.1) is 11.7 Å². The van der Waals surface area contributed by atoms with Gasteiger partial charge in [-0.05, 0) is 12.8 Å². The first-order chi connectivity index (χ1) is 11.6. The summed E-state index contributed by atoms with van der Waals surface area (Å²) in [6.07, 6.45) is 2.91. The van der Waals surface area contributed by atoms with E-state index in [4.69, 9.17) is 0 Å². The molecule has 7 nitrogen and oxygen atoms in total. The van der Waals surface area contributed by atoms with Gasteiger partial charge in [0.1, 0.15) is 6.33 Å². The van der Waals surface area contributed by atoms with E-state index in [-0.39, 0.29) is 30.0 Å². The van der Waals surface area contributed by atoms with E-state index in [2.05, 4.69) is 15.3 Å². The minimum atomic E-state index is -0.370. The summed E-state index contributed by atoms with van der Waals surface area (Å²) in [6.45, 7) is 4.56. The van der Waals surface area contributed by atoms with Crippen LogP contribution in [0.3, 0.4) is 0 Å². The molecular weight excluding hydrogens is 313 g/mol. The average Bonchev–Trinajstić information content (AvgIpc) is 2.88. The van der Waals surface area contributed by atoms with Crippen molar-refractivity contribution in [1.29, 1.82) is 0 Å². The minimum absolute atomic E-state index is 0.00704. The van der Waals surface area contributed by atoms with Crippen LogP contribution >= 0.6 is 0 Å². The summed E-state index contributed by atoms with van der Waals surface area (Å²) >= 11 is 0. The molecule has 0 saturated carbocycles. The molecule has 2 amide bonds. The van der Waals surface area contributed by atoms with Gasteiger partial charge in [0.25, 0.3) is 0 Å². The minimum Gasteiger partial charge on any atom is -0.355 e. The molecule has 0 radical (unpaired) electrons. The van der Waals surface area contributed by atoms with Crippen molar-refractivity contribution in [2.45, 2.75) is 26.2 Å². The van der Waals surface area contributed by atoms with Gasteiger partial charge in [0.15, 0.2) is 11.6 Å². The molecule has 2 aliphatic rings. The van der Waals surface area contributed by atoms with Crippen LogP contribution in [0.4, 0.5) is 10.2 Å². The zero-order valence-corrected chi connectivity index (χ0v) is 13.8. The van der Waals surface area contributed by atoms with Crippen molar-refractivity contribution >= 4 is 17.6 Å². The Balaban J connectivity index is 1.67. The van der Waals surface area contributed by atoms with E-state index in [1.807, 2.05) is 11.8 Å². The molecule has 0 aliphatic carbocycles. The quantitative estimate of drug-likeness (QED) is 0.862. The van der Waals surface area contributed by atoms with Crippen LogP contribution in [0.5, 0.6) is 0 Å². The van der Waals surface area contributed by atoms with Crippen molar-refractivity contribution in [2.24, 2.45) is 5.92 Å². The number of amides is 2. The maximum absolute atomic E-state index is 14.4. The first kappa shape index (κ1) is 16.6. The van der Waals surface area contributed by atoms with Crippen LogP contribution in [0.2, 0.25) is 0 Å². The summed E-state index contributed by atoms with van der Waals surface area (Å²) in [5.74, 6) is -0.390. The van der Waals surface area contributed by atoms with Crippen LogP contribution in [0.1, 0.15) is 25.5 Å². The van der Waals surface area contributed by atoms with E-state index in [0.717, 1.165) is 6.42 Å². The molecule has 0 spiro atoms. The Morgan fingerprint density at radius 2 is 2.17 bits per heavy atom. The monoisotopic (exact) mass is 335 g/mol. The van der Waals surface area contributed by atoms with Gasteiger partial charge >= 0.3 is 0 Å². The van der Waals surface area contributed by atoms with Gasteiger partial charge in [-0.2, -0.15) is 0 Å². The third-order valence-corrected chi connectivity index (χ3v) is 4.61. The van der Waals surface area contributed by atoms with Gasteiger partial charge in [-0.15, -0.1) is 0 Å². The van der Waals surface area contributed by atoms with Gasteiger partial charge in [-0.3, -0.25) is 9.59 Å². The Hall–Kier alpha value is -2.25. The predicted molar refractivity (Wildman–Crippen MR) is 85.9 cm³/mol. The second kappa shape index (κ2) is 7.11. The second-order valence-corrected chi connectivity index (χ2v) is 6.18. The zero-order valence-electron chi connectivity index (χ0n) is 13.8. The fourth-order valence-corrected chi connectivity index (χ4v) is 3.25. The lowest BCUT2D eigenvalue weighted by atomic mass is 10.1. The van der Waals surface area contributed by atoms with Crippen molar-refractivity contribution < 1.29 is 14.0 Å². The molecule has 1 unspecified atom stereocenters. The number of hydrogen-bond acceptors (Lipinski definition) is 5. The number of anilines is 1. The number of carbonyl (C=O) groups excluding carboxylic acids is 2. The molecule has 1 atom stereocenters. The van der Waals surface area contributed by atoms with E-state index in [1.165, 1.54) is 6.33 Å². The van der Waals surface area contributed by atoms with Crippen LogP contribution in [0.15, 0.2) is 6.33 Å². The summed E-state index contributed by atoms with van der Waals surface area (Å²) in [7, 11) is 0. The first-order valence-electron chi connectivity index (χ1n) is 8.40. The van der Waals surface area contributed by atoms with Gasteiger partial charge < -0.3 is 15.1 Å². The van der Waals surface area contributed by atoms with Crippen molar-refractivity contribution in [3.05, 3.63) is 17.8 Å². The van der Waals surface area contributed by atoms with Crippen molar-refractivity contribution in [3.8, 4) is 0 Å². The number of rotatable bonds is 3. The molecule has 130 valence electrons. The van der Waals surface area contributed by atoms with Gasteiger partial charge in [0, 0.05) is 39.1 Å². The SMILES string of the molecule is CCc1ncnc(N2CCCN(C(=O)C3CNC(=O)C3)CC2)c1F. The highest BCUT2D eigenvalue weighted by molar-refractivity contribution is 5.89. The van der Waals surface area contributed by atoms with Crippen LogP contribution in [0.25, 0.3) is 0 Å². The number of carbonyl (C=O) groups is 2. The smallest absolute Gasteiger partial charge is 0.228 e. The van der Waals surface area contributed by atoms with Gasteiger partial charge in [-0.25, -0.2) is 14.4 Å². The third-order valence-electron chi connectivity index (χ3n) is 4.61. The summed E-state index contributed by atoms with van der Waals surface area (Å²) in [4.78, 5) is 35.5. The Bertz CT molecular complexity index is 639. The van der Waals surface area contributed by atoms with E-state index < -0.39 is 0 Å². The predicted octanol–water partition coefficient (Wildman–Crippen LogP) is 0.353. The van der Waals surface area contributed by atoms with Gasteiger partial charge in [-0.1, -0.05) is 6.92 Å². The molecule has 2 saturated heterocycles. The Kier molecular flexibility index (Phi) is 4.92. The normalized spacial score (nSPS) is 21.6. The number of aromatic nitrogens is 2. The molecule has 8 heteroatoms. The highest BCUT2D eigenvalue weighted by Crippen LogP contribution is 2.21. The molecule has 1 aromatic heterocycles. The lowest BCUT2D eigenvalue weighted by Gasteiger charge is -2.24. The van der Waals surface area contributed by atoms with Crippen LogP contribution in [-0.2, 0) is 16.0 Å². The van der Waals surface area contributed by atoms with Crippen molar-refractivity contribution in [2.75, 3.05) is 37.6 Å². The second-order valence-electron chi connectivity index (χ2n) is 6.18. The average molecular weight is 335 g/mol. The molecule has 24 heavy (non-hydrogen) atoms. The lowest BCUT2D eigenvalue weighted by Crippen LogP contribution is -2.39. The summed E-state index contributed by atoms with van der Waals surface area (Å²) in [5, 5.41) is 2.70. The Morgan fingerprint density at radius 3 is 2.88 bits per heavy atom. The number of aryl methyl sites for hydroxylation is 1. The Labute approximate surface area is 140 Å². The molecular formula is C16H22FN5O2. The third kappa shape index (κ3) is 3.32. The number of nitrogens with one attached hydrogen (secondary N) is 1. The maximum atomic E-state index is 14.4. The van der Waals surface area contributed by atoms with Gasteiger partial charge in [0.2, 0.25) is 11.8 Å². The Morgan fingerprint density at radius 1 is 1.33 bits per heavy atom. The molecule has 0 aromatic carbocycles. The van der Waals surface area contributed by atoms with Crippen molar-refractivity contribution in [1.82, 2.24) is 20.2 Å². The van der Waals surface area contributed by atoms with E-state index in [1.54, 1.807) is 4.90 Å². The molecule has 1 N–H and O–H groups in total. The highest BCUT2D eigenvalue weighted by atomic mass is 19.1. The van der Waals surface area contributed by atoms with Crippen LogP contribution in [-0.4, -0.2) is 59.4 Å². The standard InChI is InChI=1S/C16H22FN5O2/c1-2-12-14(17)15(20-10-19-12)21-4-3-5-22(7-6-21)16(24)11-8-13(23)18-9-11/h10-11H,2-9H2,1H3,(H,18,23). The summed E-state index contributed by atoms with van der Waals surface area (Å²) in [5.41, 5.74) is 0.410. The number of nitrogens with zero attached hydrogens (tertiary/aromatic N) is 4. The van der Waals surface area contributed by atoms with E-state index in [0.29, 0.717) is 50.7 Å². The highest BCUT2D eigenvalue weighted by Gasteiger charge is 2.32. The molecule has 3 rings (SSSR count). The zero-order chi connectivity index (χ0) is 17.1.